The first-order valence-electron chi connectivity index (χ1n) is 8.32. The van der Waals surface area contributed by atoms with Gasteiger partial charge in [0.25, 0.3) is 5.91 Å². The summed E-state index contributed by atoms with van der Waals surface area (Å²) in [5, 5.41) is 2.85. The van der Waals surface area contributed by atoms with Gasteiger partial charge in [-0.15, -0.1) is 0 Å². The Morgan fingerprint density at radius 2 is 2.12 bits per heavy atom. The molecule has 130 valence electrons. The number of aromatic nitrogens is 2. The molecule has 0 spiro atoms. The zero-order valence-electron chi connectivity index (χ0n) is 14.2. The largest absolute Gasteiger partial charge is 0.486 e. The van der Waals surface area contributed by atoms with Crippen molar-refractivity contribution >= 4 is 11.6 Å². The fourth-order valence-corrected chi connectivity index (χ4v) is 2.60. The van der Waals surface area contributed by atoms with E-state index in [0.717, 1.165) is 23.3 Å². The number of nitrogens with zero attached hydrogens (tertiary/aromatic N) is 2. The molecule has 0 aliphatic heterocycles. The number of carbonyl (C=O) groups is 1. The van der Waals surface area contributed by atoms with E-state index in [-0.39, 0.29) is 5.91 Å². The van der Waals surface area contributed by atoms with E-state index in [2.05, 4.69) is 10.3 Å². The molecule has 0 fully saturated rings. The SMILES string of the molecule is Cc1cccn2cc(COc3ccccc3C(=O)NCCCN)nc12. The van der Waals surface area contributed by atoms with E-state index in [4.69, 9.17) is 10.5 Å². The molecule has 2 aromatic heterocycles. The molecular weight excluding hydrogens is 316 g/mol. The Hall–Kier alpha value is -2.86. The van der Waals surface area contributed by atoms with Gasteiger partial charge in [0, 0.05) is 18.9 Å². The van der Waals surface area contributed by atoms with Crippen LogP contribution in [0.1, 0.15) is 28.0 Å². The topological polar surface area (TPSA) is 81.7 Å². The number of pyridine rings is 1. The number of ether oxygens (including phenoxy) is 1. The van der Waals surface area contributed by atoms with Gasteiger partial charge >= 0.3 is 0 Å². The third-order valence-electron chi connectivity index (χ3n) is 3.90. The number of amides is 1. The lowest BCUT2D eigenvalue weighted by Crippen LogP contribution is -2.26. The minimum absolute atomic E-state index is 0.158. The number of carbonyl (C=O) groups excluding carboxylic acids is 1. The maximum Gasteiger partial charge on any atom is 0.255 e. The van der Waals surface area contributed by atoms with Crippen molar-refractivity contribution in [1.82, 2.24) is 14.7 Å². The maximum absolute atomic E-state index is 12.3. The maximum atomic E-state index is 12.3. The number of hydrogen-bond donors (Lipinski definition) is 2. The molecule has 0 saturated carbocycles. The number of aryl methyl sites for hydroxylation is 1. The van der Waals surface area contributed by atoms with Crippen LogP contribution >= 0.6 is 0 Å². The number of rotatable bonds is 7. The molecule has 3 N–H and O–H groups in total. The average Bonchev–Trinajstić information content (AvgIpc) is 3.05. The van der Waals surface area contributed by atoms with Crippen LogP contribution in [0.4, 0.5) is 0 Å². The highest BCUT2D eigenvalue weighted by molar-refractivity contribution is 5.96. The molecule has 0 atom stereocenters. The Bertz CT molecular complexity index is 873. The van der Waals surface area contributed by atoms with Gasteiger partial charge in [0.05, 0.1) is 11.3 Å². The second-order valence-electron chi connectivity index (χ2n) is 5.84. The van der Waals surface area contributed by atoms with Crippen molar-refractivity contribution < 1.29 is 9.53 Å². The minimum atomic E-state index is -0.158. The van der Waals surface area contributed by atoms with Crippen LogP contribution in [-0.4, -0.2) is 28.4 Å². The van der Waals surface area contributed by atoms with E-state index in [1.165, 1.54) is 0 Å². The number of fused-ring (bicyclic) bond motifs is 1. The molecule has 25 heavy (non-hydrogen) atoms. The minimum Gasteiger partial charge on any atom is -0.486 e. The molecule has 0 bridgehead atoms. The summed E-state index contributed by atoms with van der Waals surface area (Å²) in [6, 6.07) is 11.2. The number of hydrogen-bond acceptors (Lipinski definition) is 4. The summed E-state index contributed by atoms with van der Waals surface area (Å²) in [6.45, 7) is 3.42. The molecule has 0 aliphatic rings. The first-order valence-corrected chi connectivity index (χ1v) is 8.32. The Kier molecular flexibility index (Phi) is 5.30. The van der Waals surface area contributed by atoms with Gasteiger partial charge in [0.15, 0.2) is 0 Å². The summed E-state index contributed by atoms with van der Waals surface area (Å²) in [5.41, 5.74) is 8.80. The van der Waals surface area contributed by atoms with Gasteiger partial charge in [-0.25, -0.2) is 4.98 Å². The van der Waals surface area contributed by atoms with Crippen molar-refractivity contribution in [2.45, 2.75) is 20.0 Å². The smallest absolute Gasteiger partial charge is 0.255 e. The zero-order valence-corrected chi connectivity index (χ0v) is 14.2. The highest BCUT2D eigenvalue weighted by atomic mass is 16.5. The standard InChI is InChI=1S/C19H22N4O2/c1-14-6-4-11-23-12-15(22-18(14)23)13-25-17-8-3-2-7-16(17)19(24)21-10-5-9-20/h2-4,6-8,11-12H,5,9-10,13,20H2,1H3,(H,21,24). The van der Waals surface area contributed by atoms with Crippen molar-refractivity contribution in [2.24, 2.45) is 5.73 Å². The van der Waals surface area contributed by atoms with Gasteiger partial charge in [-0.1, -0.05) is 18.2 Å². The molecule has 1 aromatic carbocycles. The Morgan fingerprint density at radius 1 is 1.28 bits per heavy atom. The first kappa shape index (κ1) is 17.0. The van der Waals surface area contributed by atoms with E-state index in [1.807, 2.05) is 48.0 Å². The summed E-state index contributed by atoms with van der Waals surface area (Å²) in [7, 11) is 0. The molecule has 0 radical (unpaired) electrons. The van der Waals surface area contributed by atoms with E-state index in [1.54, 1.807) is 12.1 Å². The third-order valence-corrected chi connectivity index (χ3v) is 3.90. The van der Waals surface area contributed by atoms with Gasteiger partial charge in [0.1, 0.15) is 18.0 Å². The molecule has 6 heteroatoms. The Balaban J connectivity index is 1.72. The van der Waals surface area contributed by atoms with Crippen LogP contribution in [0.15, 0.2) is 48.8 Å². The molecule has 0 aliphatic carbocycles. The number of nitrogens with two attached hydrogens (primary N) is 1. The van der Waals surface area contributed by atoms with E-state index in [0.29, 0.717) is 31.0 Å². The van der Waals surface area contributed by atoms with Crippen LogP contribution in [0.5, 0.6) is 5.75 Å². The van der Waals surface area contributed by atoms with E-state index >= 15 is 0 Å². The number of benzene rings is 1. The third kappa shape index (κ3) is 3.97. The van der Waals surface area contributed by atoms with Crippen molar-refractivity contribution in [1.29, 1.82) is 0 Å². The highest BCUT2D eigenvalue weighted by Crippen LogP contribution is 2.19. The first-order chi connectivity index (χ1) is 12.2. The zero-order chi connectivity index (χ0) is 17.6. The second kappa shape index (κ2) is 7.81. The number of para-hydroxylation sites is 1. The predicted molar refractivity (Wildman–Crippen MR) is 96.7 cm³/mol. The fraction of sp³-hybridized carbons (Fsp3) is 0.263. The van der Waals surface area contributed by atoms with Gasteiger partial charge in [-0.05, 0) is 43.7 Å². The molecule has 3 rings (SSSR count). The van der Waals surface area contributed by atoms with Crippen LogP contribution in [0, 0.1) is 6.92 Å². The second-order valence-corrected chi connectivity index (χ2v) is 5.84. The summed E-state index contributed by atoms with van der Waals surface area (Å²) in [4.78, 5) is 16.9. The predicted octanol–water partition coefficient (Wildman–Crippen LogP) is 2.30. The lowest BCUT2D eigenvalue weighted by molar-refractivity contribution is 0.0949. The summed E-state index contributed by atoms with van der Waals surface area (Å²) >= 11 is 0. The van der Waals surface area contributed by atoms with Crippen molar-refractivity contribution in [3.8, 4) is 5.75 Å². The molecule has 2 heterocycles. The van der Waals surface area contributed by atoms with Crippen LogP contribution in [0.3, 0.4) is 0 Å². The normalized spacial score (nSPS) is 10.8. The highest BCUT2D eigenvalue weighted by Gasteiger charge is 2.12. The van der Waals surface area contributed by atoms with Crippen molar-refractivity contribution in [2.75, 3.05) is 13.1 Å². The monoisotopic (exact) mass is 338 g/mol. The lowest BCUT2D eigenvalue weighted by Gasteiger charge is -2.10. The summed E-state index contributed by atoms with van der Waals surface area (Å²) in [5.74, 6) is 0.386. The molecule has 6 nitrogen and oxygen atoms in total. The van der Waals surface area contributed by atoms with Crippen LogP contribution in [-0.2, 0) is 6.61 Å². The lowest BCUT2D eigenvalue weighted by atomic mass is 10.2. The summed E-state index contributed by atoms with van der Waals surface area (Å²) in [6.07, 6.45) is 4.64. The van der Waals surface area contributed by atoms with Gasteiger partial charge in [-0.2, -0.15) is 0 Å². The van der Waals surface area contributed by atoms with Crippen LogP contribution in [0.2, 0.25) is 0 Å². The van der Waals surface area contributed by atoms with E-state index < -0.39 is 0 Å². The summed E-state index contributed by atoms with van der Waals surface area (Å²) < 4.78 is 7.83. The van der Waals surface area contributed by atoms with Gasteiger partial charge in [-0.3, -0.25) is 4.79 Å². The number of imidazole rings is 1. The van der Waals surface area contributed by atoms with Gasteiger partial charge < -0.3 is 20.2 Å². The Labute approximate surface area is 146 Å². The Morgan fingerprint density at radius 3 is 2.92 bits per heavy atom. The molecule has 1 amide bonds. The molecule has 3 aromatic rings. The van der Waals surface area contributed by atoms with Crippen molar-refractivity contribution in [3.05, 3.63) is 65.6 Å². The van der Waals surface area contributed by atoms with Crippen molar-refractivity contribution in [3.63, 3.8) is 0 Å². The van der Waals surface area contributed by atoms with Gasteiger partial charge in [0.2, 0.25) is 0 Å². The quantitative estimate of drug-likeness (QED) is 0.648. The van der Waals surface area contributed by atoms with E-state index in [9.17, 15) is 4.79 Å². The molecule has 0 unspecified atom stereocenters. The molecular formula is C19H22N4O2. The fourth-order valence-electron chi connectivity index (χ4n) is 2.60. The van der Waals surface area contributed by atoms with Crippen LogP contribution < -0.4 is 15.8 Å². The van der Waals surface area contributed by atoms with Crippen LogP contribution in [0.25, 0.3) is 5.65 Å². The number of nitrogens with one attached hydrogen (secondary N) is 1. The molecule has 0 saturated heterocycles. The average molecular weight is 338 g/mol.